The minimum Gasteiger partial charge on any atom is -0.258 e. The zero-order chi connectivity index (χ0) is 8.49. The Morgan fingerprint density at radius 3 is 0.917 bits per heavy atom. The minimum absolute atomic E-state index is 1.07. The molecule has 0 saturated carbocycles. The van der Waals surface area contributed by atoms with Gasteiger partial charge in [-0.1, -0.05) is 0 Å². The van der Waals surface area contributed by atoms with Gasteiger partial charge in [-0.2, -0.15) is 0 Å². The summed E-state index contributed by atoms with van der Waals surface area (Å²) < 4.78 is 0. The maximum Gasteiger partial charge on any atom is 0.0100 e. The van der Waals surface area contributed by atoms with Crippen LogP contribution in [-0.4, -0.2) is 26.2 Å². The van der Waals surface area contributed by atoms with Crippen LogP contribution >= 0.6 is 0 Å². The fourth-order valence-electron chi connectivity index (χ4n) is 1.21. The highest BCUT2D eigenvalue weighted by Gasteiger charge is 1.92. The van der Waals surface area contributed by atoms with E-state index in [2.05, 4.69) is 21.7 Å². The van der Waals surface area contributed by atoms with Crippen LogP contribution in [0.4, 0.5) is 0 Å². The molecular weight excluding hydrogens is 152 g/mol. The maximum absolute atomic E-state index is 3.20. The molecule has 4 N–H and O–H groups in total. The molecule has 0 bridgehead atoms. The average Bonchev–Trinajstić information content (AvgIpc) is 2.05. The summed E-state index contributed by atoms with van der Waals surface area (Å²) in [4.78, 5) is 0. The summed E-state index contributed by atoms with van der Waals surface area (Å²) in [5, 5.41) is 0. The Balaban J connectivity index is 2.00. The Morgan fingerprint density at radius 2 is 0.667 bits per heavy atom. The first-order valence-electron chi connectivity index (χ1n) is 4.91. The molecule has 0 amide bonds. The smallest absolute Gasteiger partial charge is 0.0100 e. The Morgan fingerprint density at radius 1 is 0.417 bits per heavy atom. The molecule has 1 aliphatic heterocycles. The second-order valence-corrected chi connectivity index (χ2v) is 3.12. The van der Waals surface area contributed by atoms with Crippen LogP contribution in [0.15, 0.2) is 0 Å². The van der Waals surface area contributed by atoms with Crippen LogP contribution < -0.4 is 21.7 Å². The first-order chi connectivity index (χ1) is 6.00. The summed E-state index contributed by atoms with van der Waals surface area (Å²) in [5.74, 6) is 0. The molecule has 72 valence electrons. The van der Waals surface area contributed by atoms with Gasteiger partial charge in [0.15, 0.2) is 0 Å². The summed E-state index contributed by atoms with van der Waals surface area (Å²) in [6, 6.07) is 0. The highest BCUT2D eigenvalue weighted by Crippen LogP contribution is 1.86. The molecule has 12 heavy (non-hydrogen) atoms. The standard InChI is InChI=1S/C8H20N4/c1-2-6-10-12-8-4-3-7-11-9-5-1/h9-12H,1-8H2. The summed E-state index contributed by atoms with van der Waals surface area (Å²) in [6.45, 7) is 4.28. The molecular formula is C8H20N4. The van der Waals surface area contributed by atoms with E-state index in [1.807, 2.05) is 0 Å². The third-order valence-corrected chi connectivity index (χ3v) is 1.96. The van der Waals surface area contributed by atoms with Crippen molar-refractivity contribution in [1.29, 1.82) is 0 Å². The molecule has 0 aromatic carbocycles. The van der Waals surface area contributed by atoms with E-state index in [-0.39, 0.29) is 0 Å². The lowest BCUT2D eigenvalue weighted by atomic mass is 10.3. The van der Waals surface area contributed by atoms with E-state index in [1.54, 1.807) is 0 Å². The topological polar surface area (TPSA) is 48.1 Å². The number of hydrogen-bond donors (Lipinski definition) is 4. The van der Waals surface area contributed by atoms with Gasteiger partial charge in [0, 0.05) is 26.2 Å². The van der Waals surface area contributed by atoms with Crippen LogP contribution in [0.5, 0.6) is 0 Å². The first kappa shape index (κ1) is 9.92. The normalized spacial score (nSPS) is 24.0. The number of hydrazine groups is 2. The van der Waals surface area contributed by atoms with Crippen LogP contribution in [0.3, 0.4) is 0 Å². The zero-order valence-corrected chi connectivity index (χ0v) is 7.66. The third kappa shape index (κ3) is 5.49. The molecule has 4 heteroatoms. The highest BCUT2D eigenvalue weighted by molar-refractivity contribution is 4.51. The van der Waals surface area contributed by atoms with Crippen molar-refractivity contribution in [2.24, 2.45) is 0 Å². The van der Waals surface area contributed by atoms with Crippen molar-refractivity contribution in [2.45, 2.75) is 25.7 Å². The summed E-state index contributed by atoms with van der Waals surface area (Å²) >= 11 is 0. The van der Waals surface area contributed by atoms with E-state index < -0.39 is 0 Å². The molecule has 1 saturated heterocycles. The van der Waals surface area contributed by atoms with E-state index in [0.717, 1.165) is 26.2 Å². The molecule has 1 heterocycles. The number of hydrogen-bond acceptors (Lipinski definition) is 4. The number of rotatable bonds is 0. The lowest BCUT2D eigenvalue weighted by Gasteiger charge is -2.10. The first-order valence-corrected chi connectivity index (χ1v) is 4.91. The molecule has 0 aromatic heterocycles. The van der Waals surface area contributed by atoms with Gasteiger partial charge in [0.05, 0.1) is 0 Å². The molecule has 1 rings (SSSR count). The Bertz CT molecular complexity index is 54.0. The van der Waals surface area contributed by atoms with Crippen molar-refractivity contribution in [3.05, 3.63) is 0 Å². The van der Waals surface area contributed by atoms with Gasteiger partial charge < -0.3 is 0 Å². The predicted octanol–water partition coefficient (Wildman–Crippen LogP) is -0.251. The van der Waals surface area contributed by atoms with Crippen molar-refractivity contribution >= 4 is 0 Å². The largest absolute Gasteiger partial charge is 0.258 e. The van der Waals surface area contributed by atoms with Crippen LogP contribution in [0.2, 0.25) is 0 Å². The number of nitrogens with one attached hydrogen (secondary N) is 4. The van der Waals surface area contributed by atoms with Crippen molar-refractivity contribution in [3.63, 3.8) is 0 Å². The van der Waals surface area contributed by atoms with Crippen molar-refractivity contribution in [1.82, 2.24) is 21.7 Å². The fourth-order valence-corrected chi connectivity index (χ4v) is 1.21. The van der Waals surface area contributed by atoms with Crippen LogP contribution in [0.25, 0.3) is 0 Å². The zero-order valence-electron chi connectivity index (χ0n) is 7.66. The van der Waals surface area contributed by atoms with Gasteiger partial charge in [0.25, 0.3) is 0 Å². The van der Waals surface area contributed by atoms with Crippen molar-refractivity contribution in [2.75, 3.05) is 26.2 Å². The van der Waals surface area contributed by atoms with E-state index in [9.17, 15) is 0 Å². The Labute approximate surface area is 74.4 Å². The molecule has 1 fully saturated rings. The molecule has 0 aliphatic carbocycles. The van der Waals surface area contributed by atoms with Gasteiger partial charge in [0.2, 0.25) is 0 Å². The molecule has 1 aliphatic rings. The lowest BCUT2D eigenvalue weighted by molar-refractivity contribution is 0.443. The Hall–Kier alpha value is -0.160. The van der Waals surface area contributed by atoms with E-state index in [4.69, 9.17) is 0 Å². The van der Waals surface area contributed by atoms with Crippen molar-refractivity contribution in [3.8, 4) is 0 Å². The second-order valence-electron chi connectivity index (χ2n) is 3.12. The monoisotopic (exact) mass is 172 g/mol. The Kier molecular flexibility index (Phi) is 6.19. The van der Waals surface area contributed by atoms with E-state index >= 15 is 0 Å². The molecule has 0 radical (unpaired) electrons. The maximum atomic E-state index is 3.20. The molecule has 4 nitrogen and oxygen atoms in total. The third-order valence-electron chi connectivity index (χ3n) is 1.96. The lowest BCUT2D eigenvalue weighted by Crippen LogP contribution is -2.37. The van der Waals surface area contributed by atoms with Gasteiger partial charge in [-0.05, 0) is 25.7 Å². The summed E-state index contributed by atoms with van der Waals surface area (Å²) in [5.41, 5.74) is 12.8. The SMILES string of the molecule is C1CCNNCCCCNNC1. The van der Waals surface area contributed by atoms with Gasteiger partial charge in [-0.15, -0.1) is 0 Å². The van der Waals surface area contributed by atoms with E-state index in [0.29, 0.717) is 0 Å². The molecule has 0 atom stereocenters. The van der Waals surface area contributed by atoms with Crippen LogP contribution in [-0.2, 0) is 0 Å². The van der Waals surface area contributed by atoms with Gasteiger partial charge in [-0.3, -0.25) is 21.7 Å². The quantitative estimate of drug-likeness (QED) is 0.407. The van der Waals surface area contributed by atoms with Gasteiger partial charge in [0.1, 0.15) is 0 Å². The van der Waals surface area contributed by atoms with Crippen molar-refractivity contribution < 1.29 is 0 Å². The predicted molar refractivity (Wildman–Crippen MR) is 50.5 cm³/mol. The summed E-state index contributed by atoms with van der Waals surface area (Å²) in [7, 11) is 0. The van der Waals surface area contributed by atoms with Crippen LogP contribution in [0, 0.1) is 0 Å². The second kappa shape index (κ2) is 7.49. The molecule has 0 spiro atoms. The highest BCUT2D eigenvalue weighted by atomic mass is 15.4. The molecule has 0 unspecified atom stereocenters. The fraction of sp³-hybridized carbons (Fsp3) is 1.00. The van der Waals surface area contributed by atoms with Gasteiger partial charge in [-0.25, -0.2) is 0 Å². The average molecular weight is 172 g/mol. The minimum atomic E-state index is 1.07. The van der Waals surface area contributed by atoms with E-state index in [1.165, 1.54) is 25.7 Å². The molecule has 0 aromatic rings. The van der Waals surface area contributed by atoms with Gasteiger partial charge >= 0.3 is 0 Å². The van der Waals surface area contributed by atoms with Crippen LogP contribution in [0.1, 0.15) is 25.7 Å². The summed E-state index contributed by atoms with van der Waals surface area (Å²) in [6.07, 6.45) is 4.90.